The highest BCUT2D eigenvalue weighted by Crippen LogP contribution is 2.32. The molecule has 178 valence electrons. The monoisotopic (exact) mass is 450 g/mol. The maximum Gasteiger partial charge on any atom is 0.273 e. The van der Waals surface area contributed by atoms with Crippen molar-refractivity contribution in [2.45, 2.75) is 103 Å². The second-order valence-electron chi connectivity index (χ2n) is 11.0. The van der Waals surface area contributed by atoms with Gasteiger partial charge in [-0.05, 0) is 31.4 Å². The highest BCUT2D eigenvalue weighted by molar-refractivity contribution is 5.99. The van der Waals surface area contributed by atoms with E-state index < -0.39 is 5.54 Å². The lowest BCUT2D eigenvalue weighted by Crippen LogP contribution is -2.64. The fourth-order valence-electron chi connectivity index (χ4n) is 4.96. The molecule has 1 saturated carbocycles. The lowest BCUT2D eigenvalue weighted by Gasteiger charge is -2.44. The van der Waals surface area contributed by atoms with Crippen molar-refractivity contribution in [1.29, 1.82) is 0 Å². The van der Waals surface area contributed by atoms with Crippen LogP contribution in [0.3, 0.4) is 0 Å². The molecular weight excluding hydrogens is 412 g/mol. The third kappa shape index (κ3) is 4.99. The van der Waals surface area contributed by atoms with E-state index in [1.54, 1.807) is 9.58 Å². The number of fused-ring (bicyclic) bond motifs is 1. The molecule has 2 aliphatic rings. The van der Waals surface area contributed by atoms with Gasteiger partial charge in [0.15, 0.2) is 0 Å². The van der Waals surface area contributed by atoms with Gasteiger partial charge < -0.3 is 10.2 Å². The van der Waals surface area contributed by atoms with Crippen molar-refractivity contribution in [3.05, 3.63) is 53.3 Å². The fourth-order valence-corrected chi connectivity index (χ4v) is 4.96. The molecule has 1 atom stereocenters. The summed E-state index contributed by atoms with van der Waals surface area (Å²) >= 11 is 0. The van der Waals surface area contributed by atoms with Crippen molar-refractivity contribution in [1.82, 2.24) is 20.0 Å². The number of carbonyl (C=O) groups is 2. The summed E-state index contributed by atoms with van der Waals surface area (Å²) in [5.74, 6) is -0.209. The first kappa shape index (κ1) is 23.5. The minimum atomic E-state index is -1.01. The van der Waals surface area contributed by atoms with Gasteiger partial charge >= 0.3 is 0 Å². The molecule has 0 bridgehead atoms. The number of carbonyl (C=O) groups excluding carboxylic acids is 2. The number of aromatic nitrogens is 2. The maximum atomic E-state index is 13.8. The van der Waals surface area contributed by atoms with Crippen LogP contribution in [0.1, 0.15) is 94.4 Å². The number of amides is 2. The fraction of sp³-hybridized carbons (Fsp3) is 0.593. The number of hydrogen-bond acceptors (Lipinski definition) is 3. The molecule has 1 N–H and O–H groups in total. The van der Waals surface area contributed by atoms with E-state index in [1.807, 2.05) is 43.3 Å². The summed E-state index contributed by atoms with van der Waals surface area (Å²) in [5.41, 5.74) is 1.26. The zero-order valence-electron chi connectivity index (χ0n) is 20.6. The molecule has 6 heteroatoms. The molecule has 1 fully saturated rings. The second-order valence-corrected chi connectivity index (χ2v) is 11.0. The molecule has 6 nitrogen and oxygen atoms in total. The van der Waals surface area contributed by atoms with Crippen LogP contribution >= 0.6 is 0 Å². The van der Waals surface area contributed by atoms with E-state index in [1.165, 1.54) is 19.3 Å². The topological polar surface area (TPSA) is 67.2 Å². The van der Waals surface area contributed by atoms with Crippen LogP contribution in [0, 0.1) is 0 Å². The summed E-state index contributed by atoms with van der Waals surface area (Å²) in [7, 11) is 0. The zero-order chi connectivity index (χ0) is 23.6. The van der Waals surface area contributed by atoms with Crippen LogP contribution in [-0.2, 0) is 23.3 Å². The van der Waals surface area contributed by atoms with Gasteiger partial charge in [-0.25, -0.2) is 0 Å². The quantitative estimate of drug-likeness (QED) is 0.726. The second kappa shape index (κ2) is 9.32. The summed E-state index contributed by atoms with van der Waals surface area (Å²) in [4.78, 5) is 29.3. The highest BCUT2D eigenvalue weighted by atomic mass is 16.2. The molecule has 33 heavy (non-hydrogen) atoms. The highest BCUT2D eigenvalue weighted by Gasteiger charge is 2.48. The summed E-state index contributed by atoms with van der Waals surface area (Å²) in [6.07, 6.45) is 8.06. The van der Waals surface area contributed by atoms with Crippen LogP contribution in [0.15, 0.2) is 36.4 Å². The largest absolute Gasteiger partial charge is 0.351 e. The van der Waals surface area contributed by atoms with Crippen molar-refractivity contribution in [3.63, 3.8) is 0 Å². The molecule has 0 radical (unpaired) electrons. The summed E-state index contributed by atoms with van der Waals surface area (Å²) in [6.45, 7) is 8.92. The van der Waals surface area contributed by atoms with E-state index in [0.717, 1.165) is 36.9 Å². The number of hydrogen-bond donors (Lipinski definition) is 1. The Morgan fingerprint density at radius 3 is 2.36 bits per heavy atom. The third-order valence-corrected chi connectivity index (χ3v) is 7.18. The van der Waals surface area contributed by atoms with Gasteiger partial charge in [0.2, 0.25) is 5.91 Å². The number of benzene rings is 1. The standard InChI is InChI=1S/C27H38N4O2/c1-26(2,3)23-17-22-24(32)30(18-20-13-9-8-10-14-20)27(4,19-31(22)29-23)25(33)28-21-15-11-6-5-7-12-16-21/h8-10,13-14,17,21H,5-7,11-12,15-16,18-19H2,1-4H3,(H,28,33). The third-order valence-electron chi connectivity index (χ3n) is 7.18. The van der Waals surface area contributed by atoms with Crippen molar-refractivity contribution in [2.75, 3.05) is 0 Å². The van der Waals surface area contributed by atoms with Crippen LogP contribution in [0.4, 0.5) is 0 Å². The first-order chi connectivity index (χ1) is 15.7. The SMILES string of the molecule is CC(C)(C)c1cc2n(n1)CC(C)(C(=O)NC1CCCCCCC1)N(Cc1ccccc1)C2=O. The number of nitrogens with one attached hydrogen (secondary N) is 1. The summed E-state index contributed by atoms with van der Waals surface area (Å²) < 4.78 is 1.75. The van der Waals surface area contributed by atoms with Gasteiger partial charge in [-0.15, -0.1) is 0 Å². The molecule has 1 aromatic carbocycles. The molecule has 4 rings (SSSR count). The lowest BCUT2D eigenvalue weighted by atomic mass is 9.91. The normalized spacial score (nSPS) is 22.4. The molecule has 1 aromatic heterocycles. The van der Waals surface area contributed by atoms with Crippen LogP contribution in [-0.4, -0.2) is 38.1 Å². The lowest BCUT2D eigenvalue weighted by molar-refractivity contribution is -0.134. The molecule has 0 spiro atoms. The molecule has 1 unspecified atom stereocenters. The Hall–Kier alpha value is -2.63. The van der Waals surface area contributed by atoms with Crippen LogP contribution in [0.25, 0.3) is 0 Å². The van der Waals surface area contributed by atoms with Crippen molar-refractivity contribution >= 4 is 11.8 Å². The van der Waals surface area contributed by atoms with Crippen LogP contribution in [0.2, 0.25) is 0 Å². The van der Waals surface area contributed by atoms with E-state index in [9.17, 15) is 9.59 Å². The van der Waals surface area contributed by atoms with E-state index in [-0.39, 0.29) is 23.3 Å². The smallest absolute Gasteiger partial charge is 0.273 e. The first-order valence-electron chi connectivity index (χ1n) is 12.4. The maximum absolute atomic E-state index is 13.8. The van der Waals surface area contributed by atoms with Gasteiger partial charge in [0.1, 0.15) is 11.2 Å². The average Bonchev–Trinajstić information content (AvgIpc) is 3.18. The molecule has 1 aliphatic carbocycles. The Labute approximate surface area is 197 Å². The van der Waals surface area contributed by atoms with Gasteiger partial charge in [0, 0.05) is 18.0 Å². The van der Waals surface area contributed by atoms with E-state index in [4.69, 9.17) is 5.10 Å². The van der Waals surface area contributed by atoms with Gasteiger partial charge in [-0.2, -0.15) is 5.10 Å². The average molecular weight is 451 g/mol. The van der Waals surface area contributed by atoms with Crippen molar-refractivity contribution in [3.8, 4) is 0 Å². The summed E-state index contributed by atoms with van der Waals surface area (Å²) in [5, 5.41) is 8.08. The summed E-state index contributed by atoms with van der Waals surface area (Å²) in [6, 6.07) is 12.0. The predicted octanol–water partition coefficient (Wildman–Crippen LogP) is 4.82. The Morgan fingerprint density at radius 2 is 1.73 bits per heavy atom. The molecule has 2 amide bonds. The van der Waals surface area contributed by atoms with Crippen molar-refractivity contribution < 1.29 is 9.59 Å². The van der Waals surface area contributed by atoms with E-state index in [2.05, 4.69) is 26.1 Å². The van der Waals surface area contributed by atoms with Crippen LogP contribution < -0.4 is 5.32 Å². The Balaban J connectivity index is 1.66. The first-order valence-corrected chi connectivity index (χ1v) is 12.4. The molecule has 0 saturated heterocycles. The van der Waals surface area contributed by atoms with Gasteiger partial charge in [0.25, 0.3) is 5.91 Å². The number of nitrogens with zero attached hydrogens (tertiary/aromatic N) is 3. The minimum Gasteiger partial charge on any atom is -0.351 e. The van der Waals surface area contributed by atoms with Gasteiger partial charge in [0.05, 0.1) is 12.2 Å². The predicted molar refractivity (Wildman–Crippen MR) is 130 cm³/mol. The zero-order valence-corrected chi connectivity index (χ0v) is 20.6. The van der Waals surface area contributed by atoms with Crippen LogP contribution in [0.5, 0.6) is 0 Å². The molecule has 2 heterocycles. The van der Waals surface area contributed by atoms with Gasteiger partial charge in [-0.3, -0.25) is 14.3 Å². The van der Waals surface area contributed by atoms with E-state index in [0.29, 0.717) is 18.8 Å². The Bertz CT molecular complexity index is 983. The van der Waals surface area contributed by atoms with Crippen molar-refractivity contribution in [2.24, 2.45) is 0 Å². The van der Waals surface area contributed by atoms with Gasteiger partial charge in [-0.1, -0.05) is 83.2 Å². The molecule has 1 aliphatic heterocycles. The Kier molecular flexibility index (Phi) is 6.64. The Morgan fingerprint density at radius 1 is 1.09 bits per heavy atom. The molecule has 2 aromatic rings. The minimum absolute atomic E-state index is 0.0733. The van der Waals surface area contributed by atoms with E-state index >= 15 is 0 Å². The molecular formula is C27H38N4O2. The number of rotatable bonds is 4.